The van der Waals surface area contributed by atoms with Crippen LogP contribution < -0.4 is 5.32 Å². The quantitative estimate of drug-likeness (QED) is 0.393. The second-order valence-corrected chi connectivity index (χ2v) is 7.98. The molecule has 0 saturated heterocycles. The lowest BCUT2D eigenvalue weighted by molar-refractivity contribution is -0.113. The van der Waals surface area contributed by atoms with Crippen molar-refractivity contribution in [1.82, 2.24) is 10.2 Å². The van der Waals surface area contributed by atoms with Gasteiger partial charge in [-0.1, -0.05) is 64.1 Å². The van der Waals surface area contributed by atoms with Gasteiger partial charge in [-0.15, -0.1) is 10.2 Å². The maximum atomic E-state index is 12.2. The first-order valence-electron chi connectivity index (χ1n) is 8.60. The van der Waals surface area contributed by atoms with Gasteiger partial charge in [-0.2, -0.15) is 0 Å². The third-order valence-electron chi connectivity index (χ3n) is 4.19. The normalized spacial score (nSPS) is 10.9. The molecule has 1 amide bonds. The number of nitrogens with zero attached hydrogens (tertiary/aromatic N) is 2. The zero-order valence-electron chi connectivity index (χ0n) is 15.0. The molecule has 28 heavy (non-hydrogen) atoms. The first-order valence-corrected chi connectivity index (χ1v) is 10.4. The van der Waals surface area contributed by atoms with Gasteiger partial charge in [0.25, 0.3) is 5.22 Å². The molecule has 5 nitrogen and oxygen atoms in total. The monoisotopic (exact) mass is 453 g/mol. The van der Waals surface area contributed by atoms with Crippen LogP contribution in [0.25, 0.3) is 22.2 Å². The van der Waals surface area contributed by atoms with Gasteiger partial charge in [0.15, 0.2) is 0 Å². The molecule has 0 spiro atoms. The van der Waals surface area contributed by atoms with Crippen LogP contribution in [0.5, 0.6) is 0 Å². The maximum absolute atomic E-state index is 12.2. The van der Waals surface area contributed by atoms with E-state index in [9.17, 15) is 4.79 Å². The predicted octanol–water partition coefficient (Wildman–Crippen LogP) is 5.69. The van der Waals surface area contributed by atoms with Crippen molar-refractivity contribution in [3.05, 3.63) is 70.7 Å². The molecule has 1 heterocycles. The third-order valence-corrected chi connectivity index (χ3v) is 5.90. The number of rotatable bonds is 5. The van der Waals surface area contributed by atoms with E-state index in [-0.39, 0.29) is 11.7 Å². The number of benzene rings is 3. The lowest BCUT2D eigenvalue weighted by Gasteiger charge is -2.06. The molecule has 0 fully saturated rings. The molecule has 4 aromatic rings. The van der Waals surface area contributed by atoms with E-state index in [1.807, 2.05) is 67.6 Å². The van der Waals surface area contributed by atoms with E-state index in [4.69, 9.17) is 4.42 Å². The molecule has 0 saturated carbocycles. The van der Waals surface area contributed by atoms with Crippen LogP contribution in [-0.4, -0.2) is 21.9 Å². The average Bonchev–Trinajstić information content (AvgIpc) is 3.18. The van der Waals surface area contributed by atoms with Crippen molar-refractivity contribution in [2.24, 2.45) is 0 Å². The highest BCUT2D eigenvalue weighted by molar-refractivity contribution is 9.10. The van der Waals surface area contributed by atoms with Crippen molar-refractivity contribution in [3.8, 4) is 11.5 Å². The number of carbonyl (C=O) groups excluding carboxylic acids is 1. The lowest BCUT2D eigenvalue weighted by Crippen LogP contribution is -2.14. The first kappa shape index (κ1) is 18.7. The molecule has 0 aliphatic rings. The number of aromatic nitrogens is 2. The third kappa shape index (κ3) is 4.10. The summed E-state index contributed by atoms with van der Waals surface area (Å²) in [4.78, 5) is 12.2. The van der Waals surface area contributed by atoms with Crippen LogP contribution in [0.3, 0.4) is 0 Å². The zero-order chi connectivity index (χ0) is 19.5. The molecule has 0 atom stereocenters. The van der Waals surface area contributed by atoms with Gasteiger partial charge in [0.2, 0.25) is 11.8 Å². The smallest absolute Gasteiger partial charge is 0.277 e. The van der Waals surface area contributed by atoms with Crippen LogP contribution in [0.4, 0.5) is 5.69 Å². The first-order chi connectivity index (χ1) is 13.6. The Morgan fingerprint density at radius 2 is 1.93 bits per heavy atom. The summed E-state index contributed by atoms with van der Waals surface area (Å²) >= 11 is 4.66. The Morgan fingerprint density at radius 1 is 1.11 bits per heavy atom. The summed E-state index contributed by atoms with van der Waals surface area (Å²) in [6.45, 7) is 1.97. The van der Waals surface area contributed by atoms with E-state index in [0.717, 1.165) is 32.1 Å². The highest BCUT2D eigenvalue weighted by atomic mass is 79.9. The second-order valence-electron chi connectivity index (χ2n) is 6.20. The molecule has 0 bridgehead atoms. The van der Waals surface area contributed by atoms with Crippen LogP contribution >= 0.6 is 27.7 Å². The minimum atomic E-state index is -0.128. The van der Waals surface area contributed by atoms with E-state index in [2.05, 4.69) is 31.4 Å². The Bertz CT molecular complexity index is 1150. The minimum Gasteiger partial charge on any atom is -0.411 e. The molecule has 140 valence electrons. The van der Waals surface area contributed by atoms with Crippen LogP contribution in [0.15, 0.2) is 74.8 Å². The van der Waals surface area contributed by atoms with Crippen LogP contribution in [0, 0.1) is 6.92 Å². The van der Waals surface area contributed by atoms with Gasteiger partial charge in [-0.3, -0.25) is 4.79 Å². The molecule has 0 unspecified atom stereocenters. The summed E-state index contributed by atoms with van der Waals surface area (Å²) in [5, 5.41) is 13.6. The number of fused-ring (bicyclic) bond motifs is 1. The van der Waals surface area contributed by atoms with Crippen molar-refractivity contribution in [2.75, 3.05) is 11.1 Å². The number of aryl methyl sites for hydroxylation is 1. The van der Waals surface area contributed by atoms with E-state index in [1.165, 1.54) is 11.8 Å². The molecular weight excluding hydrogens is 438 g/mol. The molecule has 3 aromatic carbocycles. The van der Waals surface area contributed by atoms with Crippen LogP contribution in [0.1, 0.15) is 5.56 Å². The molecule has 0 aliphatic carbocycles. The molecule has 0 aliphatic heterocycles. The summed E-state index contributed by atoms with van der Waals surface area (Å²) in [5.41, 5.74) is 2.70. The summed E-state index contributed by atoms with van der Waals surface area (Å²) in [6, 6.07) is 19.7. The summed E-state index contributed by atoms with van der Waals surface area (Å²) in [7, 11) is 0. The standard InChI is InChI=1S/C21H16BrN3O2S/c1-13-11-15(9-10-18(13)22)23-19(26)12-28-21-25-24-20(27-21)17-8-4-6-14-5-2-3-7-16(14)17/h2-11H,12H2,1H3,(H,23,26). The molecule has 1 N–H and O–H groups in total. The molecule has 1 aromatic heterocycles. The number of hydrogen-bond acceptors (Lipinski definition) is 5. The fourth-order valence-electron chi connectivity index (χ4n) is 2.84. The Morgan fingerprint density at radius 3 is 2.79 bits per heavy atom. The highest BCUT2D eigenvalue weighted by Crippen LogP contribution is 2.29. The fourth-order valence-corrected chi connectivity index (χ4v) is 3.65. The van der Waals surface area contributed by atoms with E-state index in [1.54, 1.807) is 0 Å². The van der Waals surface area contributed by atoms with Crippen molar-refractivity contribution in [2.45, 2.75) is 12.1 Å². The molecule has 0 radical (unpaired) electrons. The second kappa shape index (κ2) is 8.16. The number of halogens is 1. The number of amides is 1. The van der Waals surface area contributed by atoms with E-state index >= 15 is 0 Å². The Hall–Kier alpha value is -2.64. The number of carbonyl (C=O) groups is 1. The van der Waals surface area contributed by atoms with Crippen LogP contribution in [0.2, 0.25) is 0 Å². The summed E-state index contributed by atoms with van der Waals surface area (Å²) < 4.78 is 6.77. The van der Waals surface area contributed by atoms with E-state index < -0.39 is 0 Å². The Kier molecular flexibility index (Phi) is 5.45. The summed E-state index contributed by atoms with van der Waals surface area (Å²) in [6.07, 6.45) is 0. The van der Waals surface area contributed by atoms with Crippen molar-refractivity contribution >= 4 is 50.1 Å². The summed E-state index contributed by atoms with van der Waals surface area (Å²) in [5.74, 6) is 0.506. The van der Waals surface area contributed by atoms with Gasteiger partial charge < -0.3 is 9.73 Å². The van der Waals surface area contributed by atoms with Gasteiger partial charge >= 0.3 is 0 Å². The Labute approximate surface area is 174 Å². The van der Waals surface area contributed by atoms with Gasteiger partial charge in [0.05, 0.1) is 5.75 Å². The van der Waals surface area contributed by atoms with Crippen molar-refractivity contribution in [3.63, 3.8) is 0 Å². The number of hydrogen-bond donors (Lipinski definition) is 1. The minimum absolute atomic E-state index is 0.128. The topological polar surface area (TPSA) is 68.0 Å². The van der Waals surface area contributed by atoms with Crippen LogP contribution in [-0.2, 0) is 4.79 Å². The number of nitrogens with one attached hydrogen (secondary N) is 1. The van der Waals surface area contributed by atoms with Gasteiger partial charge in [-0.25, -0.2) is 0 Å². The Balaban J connectivity index is 1.43. The molecular formula is C21H16BrN3O2S. The van der Waals surface area contributed by atoms with Crippen molar-refractivity contribution in [1.29, 1.82) is 0 Å². The molecule has 7 heteroatoms. The lowest BCUT2D eigenvalue weighted by atomic mass is 10.0. The SMILES string of the molecule is Cc1cc(NC(=O)CSc2nnc(-c3cccc4ccccc34)o2)ccc1Br. The van der Waals surface area contributed by atoms with Gasteiger partial charge in [-0.05, 0) is 47.5 Å². The average molecular weight is 454 g/mol. The predicted molar refractivity (Wildman–Crippen MR) is 115 cm³/mol. The number of thioether (sulfide) groups is 1. The van der Waals surface area contributed by atoms with Crippen molar-refractivity contribution < 1.29 is 9.21 Å². The number of anilines is 1. The fraction of sp³-hybridized carbons (Fsp3) is 0.0952. The largest absolute Gasteiger partial charge is 0.411 e. The zero-order valence-corrected chi connectivity index (χ0v) is 17.4. The van der Waals surface area contributed by atoms with Gasteiger partial charge in [0, 0.05) is 15.7 Å². The molecule has 4 rings (SSSR count). The highest BCUT2D eigenvalue weighted by Gasteiger charge is 2.13. The van der Waals surface area contributed by atoms with E-state index in [0.29, 0.717) is 11.1 Å². The maximum Gasteiger partial charge on any atom is 0.277 e. The van der Waals surface area contributed by atoms with Gasteiger partial charge in [0.1, 0.15) is 0 Å².